The monoisotopic (exact) mass is 313 g/mol. The number of carbonyl (C=O) groups excluding carboxylic acids is 2. The maximum Gasteiger partial charge on any atom is 0.251 e. The molecule has 0 heterocycles. The molecule has 1 aromatic carbocycles. The molecular weight excluding hydrogens is 290 g/mol. The fourth-order valence-electron chi connectivity index (χ4n) is 1.58. The maximum absolute atomic E-state index is 11.8. The summed E-state index contributed by atoms with van der Waals surface area (Å²) < 4.78 is 0. The van der Waals surface area contributed by atoms with Crippen LogP contribution in [-0.2, 0) is 4.79 Å². The van der Waals surface area contributed by atoms with Crippen LogP contribution in [0.25, 0.3) is 0 Å². The van der Waals surface area contributed by atoms with Crippen LogP contribution in [0.15, 0.2) is 24.3 Å². The van der Waals surface area contributed by atoms with E-state index in [4.69, 9.17) is 5.73 Å². The molecule has 4 N–H and O–H groups in total. The van der Waals surface area contributed by atoms with E-state index < -0.39 is 6.04 Å². The van der Waals surface area contributed by atoms with E-state index in [1.165, 1.54) is 0 Å². The van der Waals surface area contributed by atoms with Gasteiger partial charge in [0.05, 0.1) is 6.04 Å². The first-order chi connectivity index (χ1) is 9.31. The fraction of sp³-hybridized carbons (Fsp3) is 0.467. The number of hydrogen-bond donors (Lipinski definition) is 3. The van der Waals surface area contributed by atoms with E-state index in [1.54, 1.807) is 24.3 Å². The average molecular weight is 314 g/mol. The van der Waals surface area contributed by atoms with Crippen LogP contribution in [0.3, 0.4) is 0 Å². The van der Waals surface area contributed by atoms with E-state index in [0.29, 0.717) is 11.3 Å². The van der Waals surface area contributed by atoms with E-state index in [-0.39, 0.29) is 36.2 Å². The molecule has 1 aromatic rings. The number of rotatable bonds is 5. The average Bonchev–Trinajstić information content (AvgIpc) is 2.37. The van der Waals surface area contributed by atoms with Crippen LogP contribution >= 0.6 is 12.4 Å². The Kier molecular flexibility index (Phi) is 7.99. The summed E-state index contributed by atoms with van der Waals surface area (Å²) in [5, 5.41) is 5.54. The number of nitrogens with two attached hydrogens (primary N) is 1. The number of amides is 2. The summed E-state index contributed by atoms with van der Waals surface area (Å²) in [5.74, 6) is -0.276. The first kappa shape index (κ1) is 19.4. The normalized spacial score (nSPS) is 11.8. The number of anilines is 1. The third kappa shape index (κ3) is 6.14. The minimum absolute atomic E-state index is 0. The Hall–Kier alpha value is -1.59. The second-order valence-corrected chi connectivity index (χ2v) is 5.46. The van der Waals surface area contributed by atoms with Gasteiger partial charge in [-0.1, -0.05) is 13.8 Å². The molecule has 0 unspecified atom stereocenters. The molecule has 5 nitrogen and oxygen atoms in total. The quantitative estimate of drug-likeness (QED) is 0.779. The lowest BCUT2D eigenvalue weighted by Gasteiger charge is -2.15. The molecule has 118 valence electrons. The van der Waals surface area contributed by atoms with Crippen LogP contribution in [0.4, 0.5) is 5.69 Å². The number of nitrogens with one attached hydrogen (secondary N) is 2. The lowest BCUT2D eigenvalue weighted by atomic mass is 10.0. The lowest BCUT2D eigenvalue weighted by Crippen LogP contribution is -2.39. The third-order valence-electron chi connectivity index (χ3n) is 2.86. The van der Waals surface area contributed by atoms with Gasteiger partial charge in [0.15, 0.2) is 0 Å². The highest BCUT2D eigenvalue weighted by Crippen LogP contribution is 2.11. The second-order valence-electron chi connectivity index (χ2n) is 5.46. The SMILES string of the molecule is CC(C)NC(=O)c1ccc(NC(=O)[C@H](N)C(C)C)cc1.Cl. The van der Waals surface area contributed by atoms with Gasteiger partial charge >= 0.3 is 0 Å². The molecule has 6 heteroatoms. The minimum atomic E-state index is -0.543. The Morgan fingerprint density at radius 1 is 1.05 bits per heavy atom. The minimum Gasteiger partial charge on any atom is -0.350 e. The van der Waals surface area contributed by atoms with Crippen molar-refractivity contribution >= 4 is 29.9 Å². The zero-order valence-corrected chi connectivity index (χ0v) is 13.7. The topological polar surface area (TPSA) is 84.2 Å². The smallest absolute Gasteiger partial charge is 0.251 e. The standard InChI is InChI=1S/C15H23N3O2.ClH/c1-9(2)13(16)15(20)18-12-7-5-11(6-8-12)14(19)17-10(3)4;/h5-10,13H,16H2,1-4H3,(H,17,19)(H,18,20);1H/t13-;/m1./s1. The van der Waals surface area contributed by atoms with Crippen molar-refractivity contribution in [3.63, 3.8) is 0 Å². The van der Waals surface area contributed by atoms with Gasteiger partial charge in [-0.15, -0.1) is 12.4 Å². The third-order valence-corrected chi connectivity index (χ3v) is 2.86. The molecule has 0 spiro atoms. The summed E-state index contributed by atoms with van der Waals surface area (Å²) in [6.45, 7) is 7.59. The van der Waals surface area contributed by atoms with Crippen LogP contribution < -0.4 is 16.4 Å². The van der Waals surface area contributed by atoms with Crippen molar-refractivity contribution in [1.29, 1.82) is 0 Å². The van der Waals surface area contributed by atoms with Crippen LogP contribution in [0.1, 0.15) is 38.1 Å². The molecule has 21 heavy (non-hydrogen) atoms. The predicted octanol–water partition coefficient (Wildman–Crippen LogP) is 2.17. The van der Waals surface area contributed by atoms with Gasteiger partial charge < -0.3 is 16.4 Å². The highest BCUT2D eigenvalue weighted by Gasteiger charge is 2.17. The van der Waals surface area contributed by atoms with Crippen molar-refractivity contribution < 1.29 is 9.59 Å². The van der Waals surface area contributed by atoms with E-state index in [2.05, 4.69) is 10.6 Å². The Bertz CT molecular complexity index is 472. The van der Waals surface area contributed by atoms with Crippen molar-refractivity contribution in [2.24, 2.45) is 11.7 Å². The summed E-state index contributed by atoms with van der Waals surface area (Å²) in [6, 6.07) is 6.29. The molecule has 0 aromatic heterocycles. The molecule has 1 atom stereocenters. The van der Waals surface area contributed by atoms with E-state index in [9.17, 15) is 9.59 Å². The number of hydrogen-bond acceptors (Lipinski definition) is 3. The maximum atomic E-state index is 11.8. The molecule has 0 aliphatic heterocycles. The summed E-state index contributed by atoms with van der Waals surface area (Å²) >= 11 is 0. The molecule has 0 aliphatic rings. The van der Waals surface area contributed by atoms with Gasteiger partial charge in [-0.2, -0.15) is 0 Å². The van der Waals surface area contributed by atoms with Crippen LogP contribution in [-0.4, -0.2) is 23.9 Å². The van der Waals surface area contributed by atoms with Crippen LogP contribution in [0.2, 0.25) is 0 Å². The molecule has 0 radical (unpaired) electrons. The highest BCUT2D eigenvalue weighted by molar-refractivity contribution is 5.97. The van der Waals surface area contributed by atoms with Gasteiger partial charge in [0, 0.05) is 17.3 Å². The Balaban J connectivity index is 0.00000400. The Morgan fingerprint density at radius 3 is 2.00 bits per heavy atom. The zero-order chi connectivity index (χ0) is 15.3. The first-order valence-electron chi connectivity index (χ1n) is 6.78. The molecule has 1 rings (SSSR count). The van der Waals surface area contributed by atoms with Crippen molar-refractivity contribution in [3.05, 3.63) is 29.8 Å². The molecule has 0 saturated carbocycles. The lowest BCUT2D eigenvalue weighted by molar-refractivity contribution is -0.118. The first-order valence-corrected chi connectivity index (χ1v) is 6.78. The van der Waals surface area contributed by atoms with Gasteiger partial charge in [-0.3, -0.25) is 9.59 Å². The van der Waals surface area contributed by atoms with Gasteiger partial charge in [0.1, 0.15) is 0 Å². The second kappa shape index (κ2) is 8.64. The largest absolute Gasteiger partial charge is 0.350 e. The molecule has 2 amide bonds. The summed E-state index contributed by atoms with van der Waals surface area (Å²) in [5.41, 5.74) is 6.96. The number of carbonyl (C=O) groups is 2. The number of halogens is 1. The Labute approximate surface area is 132 Å². The van der Waals surface area contributed by atoms with E-state index in [1.807, 2.05) is 27.7 Å². The Morgan fingerprint density at radius 2 is 1.57 bits per heavy atom. The van der Waals surface area contributed by atoms with Crippen molar-refractivity contribution in [1.82, 2.24) is 5.32 Å². The van der Waals surface area contributed by atoms with Gasteiger partial charge in [-0.05, 0) is 44.0 Å². The van der Waals surface area contributed by atoms with Gasteiger partial charge in [0.2, 0.25) is 5.91 Å². The molecule has 0 fully saturated rings. The van der Waals surface area contributed by atoms with Crippen molar-refractivity contribution in [2.45, 2.75) is 39.8 Å². The molecule has 0 aliphatic carbocycles. The number of benzene rings is 1. The molecule has 0 saturated heterocycles. The van der Waals surface area contributed by atoms with Crippen molar-refractivity contribution in [2.75, 3.05) is 5.32 Å². The predicted molar refractivity (Wildman–Crippen MR) is 87.7 cm³/mol. The summed E-state index contributed by atoms with van der Waals surface area (Å²) in [4.78, 5) is 23.6. The van der Waals surface area contributed by atoms with Gasteiger partial charge in [-0.25, -0.2) is 0 Å². The van der Waals surface area contributed by atoms with E-state index in [0.717, 1.165) is 0 Å². The van der Waals surface area contributed by atoms with Crippen LogP contribution in [0, 0.1) is 5.92 Å². The molecule has 0 bridgehead atoms. The van der Waals surface area contributed by atoms with E-state index >= 15 is 0 Å². The summed E-state index contributed by atoms with van der Waals surface area (Å²) in [7, 11) is 0. The van der Waals surface area contributed by atoms with Crippen LogP contribution in [0.5, 0.6) is 0 Å². The molecular formula is C15H24ClN3O2. The van der Waals surface area contributed by atoms with Crippen molar-refractivity contribution in [3.8, 4) is 0 Å². The zero-order valence-electron chi connectivity index (χ0n) is 12.8. The summed E-state index contributed by atoms with van der Waals surface area (Å²) in [6.07, 6.45) is 0. The highest BCUT2D eigenvalue weighted by atomic mass is 35.5. The fourth-order valence-corrected chi connectivity index (χ4v) is 1.58. The van der Waals surface area contributed by atoms with Gasteiger partial charge in [0.25, 0.3) is 5.91 Å².